The van der Waals surface area contributed by atoms with Crippen molar-refractivity contribution in [2.45, 2.75) is 88.0 Å². The van der Waals surface area contributed by atoms with Crippen molar-refractivity contribution in [3.8, 4) is 0 Å². The fraction of sp³-hybridized carbons (Fsp3) is 0.472. The van der Waals surface area contributed by atoms with Crippen LogP contribution in [0.25, 0.3) is 0 Å². The highest BCUT2D eigenvalue weighted by Gasteiger charge is 2.52. The van der Waals surface area contributed by atoms with Gasteiger partial charge < -0.3 is 19.3 Å². The smallest absolute Gasteiger partial charge is 0.410 e. The van der Waals surface area contributed by atoms with E-state index in [1.165, 1.54) is 11.0 Å². The first-order valence-corrected chi connectivity index (χ1v) is 17.2. The SMILES string of the molecule is CCO[C@@H]1C[C@H](C(=O)Nc2cc(C(CCC3CC3)(c3ccncc3)[S@+]([O-])C(C)(C)C)ccc2F)N(C(=O)OCc2ccccc2)C1. The first-order chi connectivity index (χ1) is 22.0. The summed E-state index contributed by atoms with van der Waals surface area (Å²) >= 11 is -1.44. The van der Waals surface area contributed by atoms with E-state index in [1.807, 2.05) is 70.2 Å². The predicted octanol–water partition coefficient (Wildman–Crippen LogP) is 6.96. The van der Waals surface area contributed by atoms with Crippen LogP contribution in [0.15, 0.2) is 73.1 Å². The molecule has 0 spiro atoms. The molecule has 2 aliphatic rings. The van der Waals surface area contributed by atoms with Gasteiger partial charge in [0.2, 0.25) is 5.91 Å². The van der Waals surface area contributed by atoms with Gasteiger partial charge in [0.15, 0.2) is 4.75 Å². The molecule has 0 bridgehead atoms. The van der Waals surface area contributed by atoms with E-state index in [9.17, 15) is 14.1 Å². The van der Waals surface area contributed by atoms with Crippen LogP contribution in [-0.4, -0.2) is 56.5 Å². The van der Waals surface area contributed by atoms with Gasteiger partial charge in [-0.05, 0) is 81.0 Å². The van der Waals surface area contributed by atoms with Crippen LogP contribution in [0, 0.1) is 11.7 Å². The molecule has 246 valence electrons. The van der Waals surface area contributed by atoms with Gasteiger partial charge in [0.25, 0.3) is 0 Å². The summed E-state index contributed by atoms with van der Waals surface area (Å²) in [6.45, 7) is 8.36. The Hall–Kier alpha value is -3.47. The molecule has 2 aromatic carbocycles. The highest BCUT2D eigenvalue weighted by Crippen LogP contribution is 2.49. The van der Waals surface area contributed by atoms with Gasteiger partial charge in [0.05, 0.1) is 18.3 Å². The Morgan fingerprint density at radius 1 is 1.07 bits per heavy atom. The maximum Gasteiger partial charge on any atom is 0.410 e. The van der Waals surface area contributed by atoms with Crippen LogP contribution < -0.4 is 5.32 Å². The van der Waals surface area contributed by atoms with Gasteiger partial charge in [-0.25, -0.2) is 9.18 Å². The lowest BCUT2D eigenvalue weighted by Crippen LogP contribution is -2.47. The third kappa shape index (κ3) is 7.73. The number of benzene rings is 2. The molecule has 1 aromatic heterocycles. The second kappa shape index (κ2) is 14.5. The predicted molar refractivity (Wildman–Crippen MR) is 177 cm³/mol. The summed E-state index contributed by atoms with van der Waals surface area (Å²) in [5.74, 6) is -0.590. The number of ether oxygens (including phenoxy) is 2. The van der Waals surface area contributed by atoms with Crippen molar-refractivity contribution in [2.24, 2.45) is 5.92 Å². The van der Waals surface area contributed by atoms with E-state index < -0.39 is 44.5 Å². The van der Waals surface area contributed by atoms with Gasteiger partial charge >= 0.3 is 6.09 Å². The number of pyridine rings is 1. The average Bonchev–Trinajstić information content (AvgIpc) is 3.79. The molecule has 1 aliphatic heterocycles. The number of carbonyl (C=O) groups is 2. The summed E-state index contributed by atoms with van der Waals surface area (Å²) < 4.78 is 39.8. The number of likely N-dealkylation sites (tertiary alicyclic amines) is 1. The van der Waals surface area contributed by atoms with Crippen LogP contribution >= 0.6 is 0 Å². The molecule has 2 amide bonds. The Bertz CT molecular complexity index is 1480. The third-order valence-electron chi connectivity index (χ3n) is 8.72. The highest BCUT2D eigenvalue weighted by molar-refractivity contribution is 7.93. The molecule has 1 aliphatic carbocycles. The Balaban J connectivity index is 1.45. The maximum atomic E-state index is 15.5. The van der Waals surface area contributed by atoms with E-state index in [0.29, 0.717) is 24.5 Å². The molecule has 1 saturated heterocycles. The molecule has 8 nitrogen and oxygen atoms in total. The molecule has 2 heterocycles. The minimum atomic E-state index is -1.44. The van der Waals surface area contributed by atoms with Crippen LogP contribution in [-0.2, 0) is 36.8 Å². The molecule has 1 N–H and O–H groups in total. The quantitative estimate of drug-likeness (QED) is 0.213. The summed E-state index contributed by atoms with van der Waals surface area (Å²) in [4.78, 5) is 32.6. The van der Waals surface area contributed by atoms with Crippen LogP contribution in [0.3, 0.4) is 0 Å². The van der Waals surface area contributed by atoms with Gasteiger partial charge in [0.1, 0.15) is 23.2 Å². The third-order valence-corrected chi connectivity index (χ3v) is 11.1. The van der Waals surface area contributed by atoms with Crippen LogP contribution in [0.4, 0.5) is 14.9 Å². The number of aromatic nitrogens is 1. The molecular weight excluding hydrogens is 605 g/mol. The normalized spacial score (nSPS) is 20.2. The Morgan fingerprint density at radius 2 is 1.78 bits per heavy atom. The molecule has 10 heteroatoms. The fourth-order valence-corrected chi connectivity index (χ4v) is 8.25. The molecule has 1 unspecified atom stereocenters. The van der Waals surface area contributed by atoms with Gasteiger partial charge in [-0.15, -0.1) is 0 Å². The summed E-state index contributed by atoms with van der Waals surface area (Å²) in [7, 11) is 0. The zero-order valence-electron chi connectivity index (χ0n) is 27.0. The molecule has 1 saturated carbocycles. The highest BCUT2D eigenvalue weighted by atomic mass is 32.2. The van der Waals surface area contributed by atoms with Crippen molar-refractivity contribution in [2.75, 3.05) is 18.5 Å². The van der Waals surface area contributed by atoms with E-state index in [-0.39, 0.29) is 31.4 Å². The Kier molecular flexibility index (Phi) is 10.7. The molecule has 3 aromatic rings. The van der Waals surface area contributed by atoms with Gasteiger partial charge in [0, 0.05) is 43.0 Å². The largest absolute Gasteiger partial charge is 0.615 e. The number of nitrogens with one attached hydrogen (secondary N) is 1. The molecular formula is C36H44FN3O5S. The van der Waals surface area contributed by atoms with Crippen molar-refractivity contribution >= 4 is 28.9 Å². The van der Waals surface area contributed by atoms with Crippen molar-refractivity contribution < 1.29 is 28.0 Å². The summed E-state index contributed by atoms with van der Waals surface area (Å²) in [5, 5.41) is 2.76. The lowest BCUT2D eigenvalue weighted by molar-refractivity contribution is -0.120. The maximum absolute atomic E-state index is 15.5. The second-order valence-electron chi connectivity index (χ2n) is 13.1. The number of amides is 2. The summed E-state index contributed by atoms with van der Waals surface area (Å²) in [6, 6.07) is 16.7. The van der Waals surface area contributed by atoms with Gasteiger partial charge in [-0.1, -0.05) is 49.2 Å². The number of hydrogen-bond donors (Lipinski definition) is 1. The van der Waals surface area contributed by atoms with Gasteiger partial charge in [-0.2, -0.15) is 0 Å². The minimum Gasteiger partial charge on any atom is -0.615 e. The zero-order valence-corrected chi connectivity index (χ0v) is 27.9. The number of hydrogen-bond acceptors (Lipinski definition) is 6. The van der Waals surface area contributed by atoms with Crippen molar-refractivity contribution in [3.05, 3.63) is 95.6 Å². The summed E-state index contributed by atoms with van der Waals surface area (Å²) in [5.41, 5.74) is 2.28. The van der Waals surface area contributed by atoms with Crippen molar-refractivity contribution in [1.29, 1.82) is 0 Å². The van der Waals surface area contributed by atoms with E-state index in [0.717, 1.165) is 30.4 Å². The van der Waals surface area contributed by atoms with E-state index in [1.54, 1.807) is 24.5 Å². The van der Waals surface area contributed by atoms with Gasteiger partial charge in [-0.3, -0.25) is 14.7 Å². The number of rotatable bonds is 12. The monoisotopic (exact) mass is 649 g/mol. The molecule has 2 fully saturated rings. The first-order valence-electron chi connectivity index (χ1n) is 16.0. The van der Waals surface area contributed by atoms with Crippen LogP contribution in [0.2, 0.25) is 0 Å². The molecule has 5 rings (SSSR count). The first kappa shape index (κ1) is 33.9. The average molecular weight is 650 g/mol. The lowest BCUT2D eigenvalue weighted by Gasteiger charge is -2.42. The standard InChI is InChI=1S/C36H44FN3O5S/c1-5-44-29-22-32(40(23-29)34(42)45-24-26-9-7-6-8-10-26)33(41)39-31-21-28(13-14-30(31)37)36(18-15-25-11-12-25,46(43)35(2,3)4)27-16-19-38-20-17-27/h6-10,13-14,16-17,19-21,25,29,32H,5,11-12,15,18,22-24H2,1-4H3,(H,39,41)/t29-,32-,36?,46-/m1/s1. The van der Waals surface area contributed by atoms with E-state index in [4.69, 9.17) is 9.47 Å². The minimum absolute atomic E-state index is 0.0317. The molecule has 46 heavy (non-hydrogen) atoms. The number of carbonyl (C=O) groups excluding carboxylic acids is 2. The van der Waals surface area contributed by atoms with Crippen LogP contribution in [0.1, 0.15) is 76.5 Å². The van der Waals surface area contributed by atoms with Crippen LogP contribution in [0.5, 0.6) is 0 Å². The lowest BCUT2D eigenvalue weighted by atomic mass is 9.85. The fourth-order valence-electron chi connectivity index (χ4n) is 6.21. The topological polar surface area (TPSA) is 104 Å². The number of anilines is 1. The Morgan fingerprint density at radius 3 is 2.43 bits per heavy atom. The van der Waals surface area contributed by atoms with Crippen molar-refractivity contribution in [3.63, 3.8) is 0 Å². The molecule has 4 atom stereocenters. The summed E-state index contributed by atoms with van der Waals surface area (Å²) in [6.07, 6.45) is 6.39. The molecule has 0 radical (unpaired) electrons. The number of nitrogens with zero attached hydrogens (tertiary/aromatic N) is 2. The Labute approximate surface area is 274 Å². The second-order valence-corrected chi connectivity index (χ2v) is 15.6. The van der Waals surface area contributed by atoms with E-state index in [2.05, 4.69) is 10.3 Å². The van der Waals surface area contributed by atoms with E-state index >= 15 is 4.39 Å². The van der Waals surface area contributed by atoms with Crippen molar-refractivity contribution in [1.82, 2.24) is 9.88 Å². The zero-order chi connectivity index (χ0) is 32.9. The number of halogens is 1.